The topological polar surface area (TPSA) is 118 Å². The molecule has 294 valence electrons. The summed E-state index contributed by atoms with van der Waals surface area (Å²) in [6.07, 6.45) is 9.04. The molecule has 9 nitrogen and oxygen atoms in total. The normalized spacial score (nSPS) is 13.1. The molecular weight excluding hydrogens is 954 g/mol. The van der Waals surface area contributed by atoms with Crippen LogP contribution in [-0.2, 0) is 38.5 Å². The summed E-state index contributed by atoms with van der Waals surface area (Å²) < 4.78 is 20.6. The molecule has 0 saturated carbocycles. The van der Waals surface area contributed by atoms with Crippen molar-refractivity contribution in [2.24, 2.45) is 0 Å². The Balaban J connectivity index is 0.948. The van der Waals surface area contributed by atoms with E-state index in [4.69, 9.17) is 14.2 Å². The van der Waals surface area contributed by atoms with Crippen LogP contribution < -0.4 is 14.2 Å². The average molecular weight is 984 g/mol. The zero-order chi connectivity index (χ0) is 41.1. The van der Waals surface area contributed by atoms with Crippen LogP contribution in [0.3, 0.4) is 0 Å². The van der Waals surface area contributed by atoms with Gasteiger partial charge in [0.05, 0.1) is 52.4 Å². The maximum atomic E-state index is 13.9. The molecule has 0 fully saturated rings. The van der Waals surface area contributed by atoms with Crippen molar-refractivity contribution >= 4 is 65.7 Å². The lowest BCUT2D eigenvalue weighted by atomic mass is 9.89. The van der Waals surface area contributed by atoms with Crippen molar-refractivity contribution in [1.29, 1.82) is 0 Å². The number of pyridine rings is 3. The van der Waals surface area contributed by atoms with Gasteiger partial charge in [-0.05, 0) is 127 Å². The second-order valence-electron chi connectivity index (χ2n) is 14.8. The van der Waals surface area contributed by atoms with E-state index in [1.807, 2.05) is 54.6 Å². The van der Waals surface area contributed by atoms with Crippen LogP contribution in [0.25, 0.3) is 33.8 Å². The molecule has 3 aliphatic carbocycles. The molecule has 3 aromatic heterocycles. The predicted molar refractivity (Wildman–Crippen MR) is 236 cm³/mol. The first-order chi connectivity index (χ1) is 29.2. The smallest absolute Gasteiger partial charge is 0.343 e. The first kappa shape index (κ1) is 38.4. The van der Waals surface area contributed by atoms with Crippen LogP contribution in [0.15, 0.2) is 123 Å². The van der Waals surface area contributed by atoms with E-state index in [0.717, 1.165) is 83.1 Å². The first-order valence-corrected chi connectivity index (χ1v) is 21.7. The number of hydrogen-bond donors (Lipinski definition) is 0. The maximum Gasteiger partial charge on any atom is 0.343 e. The molecular formula is C48H30Br3N3O6. The lowest BCUT2D eigenvalue weighted by Gasteiger charge is -2.20. The van der Waals surface area contributed by atoms with Gasteiger partial charge in [0, 0.05) is 30.1 Å². The number of benzene rings is 4. The number of carbonyl (C=O) groups excluding carboxylic acids is 3. The molecule has 4 aromatic carbocycles. The second-order valence-corrected chi connectivity index (χ2v) is 17.4. The fourth-order valence-corrected chi connectivity index (χ4v) is 9.99. The standard InChI is InChI=1S/C48H30Br3N3O6/c49-40-7-1-4-37-34(40)13-10-25-19-31(22-52-43(25)37)58-46(55)28-16-29(47(56)59-32-20-26-11-14-35-38(44(26)53-23-32)5-2-8-41(35)50)18-30(17-28)48(57)60-33-21-27-12-15-36-39(45(27)54-24-33)6-3-9-42(36)51/h1-9,16-24H,10-15H2. The van der Waals surface area contributed by atoms with Crippen LogP contribution in [0, 0.1) is 0 Å². The van der Waals surface area contributed by atoms with Crippen molar-refractivity contribution in [3.63, 3.8) is 0 Å². The van der Waals surface area contributed by atoms with Gasteiger partial charge < -0.3 is 14.2 Å². The number of halogens is 3. The van der Waals surface area contributed by atoms with Gasteiger partial charge in [0.15, 0.2) is 0 Å². The summed E-state index contributed by atoms with van der Waals surface area (Å²) in [5.74, 6) is -1.68. The van der Waals surface area contributed by atoms with E-state index in [0.29, 0.717) is 19.3 Å². The Morgan fingerprint density at radius 3 is 1.02 bits per heavy atom. The number of fused-ring (bicyclic) bond motifs is 9. The highest BCUT2D eigenvalue weighted by molar-refractivity contribution is 9.11. The van der Waals surface area contributed by atoms with E-state index in [1.165, 1.54) is 53.5 Å². The van der Waals surface area contributed by atoms with Gasteiger partial charge >= 0.3 is 17.9 Å². The van der Waals surface area contributed by atoms with Gasteiger partial charge in [-0.15, -0.1) is 0 Å². The van der Waals surface area contributed by atoms with E-state index in [2.05, 4.69) is 62.7 Å². The van der Waals surface area contributed by atoms with Gasteiger partial charge in [0.1, 0.15) is 17.2 Å². The summed E-state index contributed by atoms with van der Waals surface area (Å²) in [5.41, 5.74) is 11.8. The third-order valence-corrected chi connectivity index (χ3v) is 13.4. The van der Waals surface area contributed by atoms with Crippen LogP contribution in [0.2, 0.25) is 0 Å². The predicted octanol–water partition coefficient (Wildman–Crippen LogP) is 11.1. The summed E-state index contributed by atoms with van der Waals surface area (Å²) in [5, 5.41) is 0. The van der Waals surface area contributed by atoms with E-state index in [9.17, 15) is 14.4 Å². The minimum absolute atomic E-state index is 0.0557. The van der Waals surface area contributed by atoms with E-state index in [1.54, 1.807) is 18.2 Å². The zero-order valence-corrected chi connectivity index (χ0v) is 36.3. The molecule has 0 spiro atoms. The van der Waals surface area contributed by atoms with Crippen molar-refractivity contribution in [2.45, 2.75) is 38.5 Å². The molecule has 3 heterocycles. The monoisotopic (exact) mass is 981 g/mol. The number of rotatable bonds is 6. The summed E-state index contributed by atoms with van der Waals surface area (Å²) in [7, 11) is 0. The molecule has 60 heavy (non-hydrogen) atoms. The molecule has 0 aliphatic heterocycles. The summed E-state index contributed by atoms with van der Waals surface area (Å²) in [4.78, 5) is 55.6. The highest BCUT2D eigenvalue weighted by Crippen LogP contribution is 2.40. The van der Waals surface area contributed by atoms with Crippen molar-refractivity contribution in [1.82, 2.24) is 15.0 Å². The Hall–Kier alpha value is -5.82. The SMILES string of the molecule is O=C(Oc1cnc2c(c1)CCc1c(Br)cccc1-2)c1cc(C(=O)Oc2cnc3c(c2)CCc2c(Br)cccc2-3)cc(C(=O)Oc2cnc3c(c2)CCc2c(Br)cccc2-3)c1. The van der Waals surface area contributed by atoms with Crippen molar-refractivity contribution in [3.05, 3.63) is 173 Å². The van der Waals surface area contributed by atoms with Gasteiger partial charge in [0.25, 0.3) is 0 Å². The molecule has 0 amide bonds. The second kappa shape index (κ2) is 15.7. The van der Waals surface area contributed by atoms with Crippen LogP contribution >= 0.6 is 47.8 Å². The fraction of sp³-hybridized carbons (Fsp3) is 0.125. The zero-order valence-electron chi connectivity index (χ0n) is 31.6. The van der Waals surface area contributed by atoms with Crippen LogP contribution in [0.4, 0.5) is 0 Å². The number of ether oxygens (including phenoxy) is 3. The molecule has 12 heteroatoms. The average Bonchev–Trinajstić information content (AvgIpc) is 3.26. The minimum Gasteiger partial charge on any atom is -0.421 e. The number of nitrogens with zero attached hydrogens (tertiary/aromatic N) is 3. The van der Waals surface area contributed by atoms with Crippen LogP contribution in [-0.4, -0.2) is 32.9 Å². The molecule has 0 saturated heterocycles. The molecule has 0 bridgehead atoms. The lowest BCUT2D eigenvalue weighted by molar-refractivity contribution is 0.0734. The Bertz CT molecular complexity index is 2660. The van der Waals surface area contributed by atoms with Gasteiger partial charge in [-0.25, -0.2) is 14.4 Å². The fourth-order valence-electron chi connectivity index (χ4n) is 8.29. The maximum absolute atomic E-state index is 13.9. The molecule has 0 atom stereocenters. The van der Waals surface area contributed by atoms with E-state index < -0.39 is 17.9 Å². The van der Waals surface area contributed by atoms with Gasteiger partial charge in [-0.3, -0.25) is 15.0 Å². The number of carbonyl (C=O) groups is 3. The summed E-state index contributed by atoms with van der Waals surface area (Å²) in [6, 6.07) is 27.5. The van der Waals surface area contributed by atoms with Crippen molar-refractivity contribution in [2.75, 3.05) is 0 Å². The van der Waals surface area contributed by atoms with Gasteiger partial charge in [-0.1, -0.05) is 84.2 Å². The molecule has 3 aliphatic rings. The number of esters is 3. The number of aryl methyl sites for hydroxylation is 3. The van der Waals surface area contributed by atoms with Crippen molar-refractivity contribution in [3.8, 4) is 51.0 Å². The molecule has 7 aromatic rings. The largest absolute Gasteiger partial charge is 0.421 e. The van der Waals surface area contributed by atoms with E-state index in [-0.39, 0.29) is 33.9 Å². The molecule has 0 unspecified atom stereocenters. The van der Waals surface area contributed by atoms with Gasteiger partial charge in [0.2, 0.25) is 0 Å². The Morgan fingerprint density at radius 1 is 0.417 bits per heavy atom. The number of hydrogen-bond acceptors (Lipinski definition) is 9. The third-order valence-electron chi connectivity index (χ3n) is 11.2. The van der Waals surface area contributed by atoms with Gasteiger partial charge in [-0.2, -0.15) is 0 Å². The van der Waals surface area contributed by atoms with Crippen molar-refractivity contribution < 1.29 is 28.6 Å². The molecule has 10 rings (SSSR count). The molecule has 0 N–H and O–H groups in total. The Labute approximate surface area is 369 Å². The highest BCUT2D eigenvalue weighted by atomic mass is 79.9. The summed E-state index contributed by atoms with van der Waals surface area (Å²) >= 11 is 10.9. The van der Waals surface area contributed by atoms with E-state index >= 15 is 0 Å². The number of aromatic nitrogens is 3. The van der Waals surface area contributed by atoms with Crippen LogP contribution in [0.1, 0.15) is 64.5 Å². The molecule has 0 radical (unpaired) electrons. The lowest BCUT2D eigenvalue weighted by Crippen LogP contribution is -2.17. The minimum atomic E-state index is -0.792. The third kappa shape index (κ3) is 7.16. The highest BCUT2D eigenvalue weighted by Gasteiger charge is 2.26. The van der Waals surface area contributed by atoms with Crippen LogP contribution in [0.5, 0.6) is 17.2 Å². The Kier molecular flexibility index (Phi) is 10.0. The Morgan fingerprint density at radius 2 is 0.717 bits per heavy atom. The summed E-state index contributed by atoms with van der Waals surface area (Å²) in [6.45, 7) is 0. The first-order valence-electron chi connectivity index (χ1n) is 19.3. The quantitative estimate of drug-likeness (QED) is 0.150.